The minimum absolute atomic E-state index is 0.0229. The Morgan fingerprint density at radius 2 is 1.79 bits per heavy atom. The minimum atomic E-state index is 0.0229. The van der Waals surface area contributed by atoms with Gasteiger partial charge in [-0.1, -0.05) is 31.5 Å². The highest BCUT2D eigenvalue weighted by atomic mass is 16.5. The standard InChI is InChI=1S/C23H25N3O3/c1-4-5-13-26(2)23(27)18-11-9-17(10-12-18)21-15-22(25-16-24-21)29-20-8-6-7-19(14-20)28-3/h6-12,14-16H,4-5,13H2,1-3H3. The van der Waals surface area contributed by atoms with E-state index in [1.807, 2.05) is 49.5 Å². The van der Waals surface area contributed by atoms with E-state index in [9.17, 15) is 4.79 Å². The largest absolute Gasteiger partial charge is 0.497 e. The summed E-state index contributed by atoms with van der Waals surface area (Å²) in [4.78, 5) is 22.7. The van der Waals surface area contributed by atoms with Gasteiger partial charge in [0.2, 0.25) is 5.88 Å². The monoisotopic (exact) mass is 391 g/mol. The molecular weight excluding hydrogens is 366 g/mol. The molecular formula is C23H25N3O3. The van der Waals surface area contributed by atoms with Crippen LogP contribution < -0.4 is 9.47 Å². The Bertz CT molecular complexity index is 958. The molecule has 0 saturated carbocycles. The lowest BCUT2D eigenvalue weighted by molar-refractivity contribution is 0.0793. The van der Waals surface area contributed by atoms with Gasteiger partial charge in [0.05, 0.1) is 12.8 Å². The van der Waals surface area contributed by atoms with Crippen LogP contribution in [0, 0.1) is 0 Å². The predicted molar refractivity (Wildman–Crippen MR) is 112 cm³/mol. The van der Waals surface area contributed by atoms with Crippen molar-refractivity contribution in [2.24, 2.45) is 0 Å². The van der Waals surface area contributed by atoms with Crippen molar-refractivity contribution < 1.29 is 14.3 Å². The Balaban J connectivity index is 1.74. The van der Waals surface area contributed by atoms with Gasteiger partial charge in [-0.2, -0.15) is 0 Å². The molecule has 1 aromatic heterocycles. The maximum Gasteiger partial charge on any atom is 0.253 e. The van der Waals surface area contributed by atoms with Gasteiger partial charge in [0.25, 0.3) is 5.91 Å². The fraction of sp³-hybridized carbons (Fsp3) is 0.261. The van der Waals surface area contributed by atoms with Crippen molar-refractivity contribution in [1.29, 1.82) is 0 Å². The lowest BCUT2D eigenvalue weighted by Crippen LogP contribution is -2.27. The highest BCUT2D eigenvalue weighted by Crippen LogP contribution is 2.26. The second-order valence-electron chi connectivity index (χ2n) is 6.68. The fourth-order valence-corrected chi connectivity index (χ4v) is 2.84. The number of unbranched alkanes of at least 4 members (excludes halogenated alkanes) is 1. The third-order valence-electron chi connectivity index (χ3n) is 4.53. The molecule has 0 aliphatic carbocycles. The molecule has 150 valence electrons. The van der Waals surface area contributed by atoms with Crippen LogP contribution in [-0.4, -0.2) is 41.5 Å². The quantitative estimate of drug-likeness (QED) is 0.551. The number of benzene rings is 2. The van der Waals surface area contributed by atoms with Crippen molar-refractivity contribution in [1.82, 2.24) is 14.9 Å². The first-order chi connectivity index (χ1) is 14.1. The van der Waals surface area contributed by atoms with E-state index in [0.29, 0.717) is 22.9 Å². The van der Waals surface area contributed by atoms with Crippen LogP contribution in [0.2, 0.25) is 0 Å². The zero-order chi connectivity index (χ0) is 20.6. The number of methoxy groups -OCH3 is 1. The zero-order valence-electron chi connectivity index (χ0n) is 17.0. The van der Waals surface area contributed by atoms with Crippen molar-refractivity contribution in [2.75, 3.05) is 20.7 Å². The van der Waals surface area contributed by atoms with E-state index in [-0.39, 0.29) is 5.91 Å². The van der Waals surface area contributed by atoms with Crippen LogP contribution in [0.4, 0.5) is 0 Å². The zero-order valence-corrected chi connectivity index (χ0v) is 17.0. The molecule has 0 N–H and O–H groups in total. The molecule has 0 aliphatic heterocycles. The van der Waals surface area contributed by atoms with Gasteiger partial charge in [-0.15, -0.1) is 0 Å². The number of hydrogen-bond donors (Lipinski definition) is 0. The summed E-state index contributed by atoms with van der Waals surface area (Å²) >= 11 is 0. The number of aromatic nitrogens is 2. The molecule has 0 radical (unpaired) electrons. The normalized spacial score (nSPS) is 10.4. The Hall–Kier alpha value is -3.41. The number of nitrogens with zero attached hydrogens (tertiary/aromatic N) is 3. The van der Waals surface area contributed by atoms with E-state index >= 15 is 0 Å². The van der Waals surface area contributed by atoms with Crippen LogP contribution in [0.25, 0.3) is 11.3 Å². The number of carbonyl (C=O) groups excluding carboxylic acids is 1. The van der Waals surface area contributed by atoms with Crippen LogP contribution in [0.5, 0.6) is 17.4 Å². The van der Waals surface area contributed by atoms with Gasteiger partial charge in [0, 0.05) is 36.9 Å². The van der Waals surface area contributed by atoms with Gasteiger partial charge in [-0.25, -0.2) is 9.97 Å². The van der Waals surface area contributed by atoms with Crippen LogP contribution in [-0.2, 0) is 0 Å². The summed E-state index contributed by atoms with van der Waals surface area (Å²) in [6.07, 6.45) is 3.52. The lowest BCUT2D eigenvalue weighted by Gasteiger charge is -2.16. The molecule has 0 atom stereocenters. The number of ether oxygens (including phenoxy) is 2. The van der Waals surface area contributed by atoms with E-state index in [2.05, 4.69) is 16.9 Å². The SMILES string of the molecule is CCCCN(C)C(=O)c1ccc(-c2cc(Oc3cccc(OC)c3)ncn2)cc1. The lowest BCUT2D eigenvalue weighted by atomic mass is 10.1. The molecule has 6 nitrogen and oxygen atoms in total. The molecule has 1 amide bonds. The van der Waals surface area contributed by atoms with E-state index in [4.69, 9.17) is 9.47 Å². The van der Waals surface area contributed by atoms with Gasteiger partial charge in [0.15, 0.2) is 0 Å². The maximum absolute atomic E-state index is 12.5. The summed E-state index contributed by atoms with van der Waals surface area (Å²) in [6.45, 7) is 2.87. The van der Waals surface area contributed by atoms with Gasteiger partial charge < -0.3 is 14.4 Å². The Morgan fingerprint density at radius 3 is 2.52 bits per heavy atom. The van der Waals surface area contributed by atoms with Gasteiger partial charge in [-0.3, -0.25) is 4.79 Å². The molecule has 0 aliphatic rings. The summed E-state index contributed by atoms with van der Waals surface area (Å²) in [5.74, 6) is 1.79. The minimum Gasteiger partial charge on any atom is -0.497 e. The van der Waals surface area contributed by atoms with Crippen LogP contribution >= 0.6 is 0 Å². The predicted octanol–water partition coefficient (Wildman–Crippen LogP) is 4.82. The van der Waals surface area contributed by atoms with Crippen LogP contribution in [0.3, 0.4) is 0 Å². The summed E-state index contributed by atoms with van der Waals surface area (Å²) in [5.41, 5.74) is 2.26. The summed E-state index contributed by atoms with van der Waals surface area (Å²) < 4.78 is 11.0. The summed E-state index contributed by atoms with van der Waals surface area (Å²) in [5, 5.41) is 0. The van der Waals surface area contributed by atoms with Crippen molar-refractivity contribution in [2.45, 2.75) is 19.8 Å². The van der Waals surface area contributed by atoms with E-state index in [0.717, 1.165) is 30.6 Å². The van der Waals surface area contributed by atoms with Crippen LogP contribution in [0.15, 0.2) is 60.9 Å². The molecule has 6 heteroatoms. The number of carbonyl (C=O) groups is 1. The number of amides is 1. The van der Waals surface area contributed by atoms with Gasteiger partial charge in [-0.05, 0) is 30.7 Å². The molecule has 2 aromatic carbocycles. The second-order valence-corrected chi connectivity index (χ2v) is 6.68. The van der Waals surface area contributed by atoms with Crippen molar-refractivity contribution in [3.05, 3.63) is 66.5 Å². The van der Waals surface area contributed by atoms with Crippen molar-refractivity contribution >= 4 is 5.91 Å². The first-order valence-electron chi connectivity index (χ1n) is 9.60. The molecule has 0 unspecified atom stereocenters. The highest BCUT2D eigenvalue weighted by molar-refractivity contribution is 5.94. The third-order valence-corrected chi connectivity index (χ3v) is 4.53. The molecule has 0 saturated heterocycles. The first-order valence-corrected chi connectivity index (χ1v) is 9.60. The smallest absolute Gasteiger partial charge is 0.253 e. The molecule has 29 heavy (non-hydrogen) atoms. The van der Waals surface area contributed by atoms with Crippen molar-refractivity contribution in [3.8, 4) is 28.6 Å². The molecule has 1 heterocycles. The molecule has 3 rings (SSSR count). The van der Waals surface area contributed by atoms with Gasteiger partial charge in [0.1, 0.15) is 17.8 Å². The second kappa shape index (κ2) is 9.68. The molecule has 0 bridgehead atoms. The Kier molecular flexibility index (Phi) is 6.79. The first kappa shape index (κ1) is 20.3. The number of rotatable bonds is 8. The van der Waals surface area contributed by atoms with E-state index in [1.165, 1.54) is 6.33 Å². The average Bonchev–Trinajstić information content (AvgIpc) is 2.77. The Labute approximate surface area is 171 Å². The third kappa shape index (κ3) is 5.31. The molecule has 0 spiro atoms. The Morgan fingerprint density at radius 1 is 1.03 bits per heavy atom. The topological polar surface area (TPSA) is 64.6 Å². The molecule has 3 aromatic rings. The van der Waals surface area contributed by atoms with Gasteiger partial charge >= 0.3 is 0 Å². The average molecular weight is 391 g/mol. The van der Waals surface area contributed by atoms with Crippen LogP contribution in [0.1, 0.15) is 30.1 Å². The number of hydrogen-bond acceptors (Lipinski definition) is 5. The molecule has 0 fully saturated rings. The van der Waals surface area contributed by atoms with Crippen molar-refractivity contribution in [3.63, 3.8) is 0 Å². The summed E-state index contributed by atoms with van der Waals surface area (Å²) in [6, 6.07) is 16.5. The fourth-order valence-electron chi connectivity index (χ4n) is 2.84. The van der Waals surface area contributed by atoms with E-state index in [1.54, 1.807) is 24.1 Å². The highest BCUT2D eigenvalue weighted by Gasteiger charge is 2.12. The summed E-state index contributed by atoms with van der Waals surface area (Å²) in [7, 11) is 3.44. The maximum atomic E-state index is 12.5. The van der Waals surface area contributed by atoms with E-state index < -0.39 is 0 Å².